The zero-order valence-electron chi connectivity index (χ0n) is 6.84. The van der Waals surface area contributed by atoms with Crippen LogP contribution in [0.15, 0.2) is 24.3 Å². The molecule has 2 unspecified atom stereocenters. The van der Waals surface area contributed by atoms with E-state index in [1.165, 1.54) is 18.2 Å². The summed E-state index contributed by atoms with van der Waals surface area (Å²) in [6.45, 7) is 0. The summed E-state index contributed by atoms with van der Waals surface area (Å²) in [5.74, 6) is -1.70. The number of nitrogens with zero attached hydrogens (tertiary/aromatic N) is 1. The van der Waals surface area contributed by atoms with Gasteiger partial charge in [0.1, 0.15) is 6.07 Å². The minimum atomic E-state index is -1.67. The third-order valence-electron chi connectivity index (χ3n) is 1.94. The van der Waals surface area contributed by atoms with Gasteiger partial charge in [-0.3, -0.25) is 4.79 Å². The SMILES string of the molecule is N#CC1(O)C=CC=CC1CC(=O)O. The fraction of sp³-hybridized carbons (Fsp3) is 0.333. The first kappa shape index (κ1) is 9.49. The van der Waals surface area contributed by atoms with Crippen molar-refractivity contribution >= 4 is 5.97 Å². The van der Waals surface area contributed by atoms with Crippen molar-refractivity contribution in [1.29, 1.82) is 5.26 Å². The Morgan fingerprint density at radius 2 is 2.31 bits per heavy atom. The predicted molar refractivity (Wildman–Crippen MR) is 44.6 cm³/mol. The Bertz CT molecular complexity index is 313. The number of carboxylic acids is 1. The summed E-state index contributed by atoms with van der Waals surface area (Å²) >= 11 is 0. The first-order valence-corrected chi connectivity index (χ1v) is 3.80. The molecule has 0 aromatic rings. The number of hydrogen-bond acceptors (Lipinski definition) is 3. The molecule has 0 saturated heterocycles. The standard InChI is InChI=1S/C9H9NO3/c10-6-9(13)4-2-1-3-7(9)5-8(11)12/h1-4,7,13H,5H2,(H,11,12). The van der Waals surface area contributed by atoms with Crippen LogP contribution < -0.4 is 0 Å². The molecule has 0 amide bonds. The molecule has 0 aromatic carbocycles. The van der Waals surface area contributed by atoms with Gasteiger partial charge in [0.15, 0.2) is 5.60 Å². The molecule has 1 aliphatic rings. The number of nitriles is 1. The molecule has 4 heteroatoms. The molecule has 0 aliphatic heterocycles. The Kier molecular flexibility index (Phi) is 2.49. The van der Waals surface area contributed by atoms with Crippen LogP contribution in [0.4, 0.5) is 0 Å². The number of carboxylic acid groups (broad SMARTS) is 1. The molecule has 0 radical (unpaired) electrons. The van der Waals surface area contributed by atoms with Gasteiger partial charge >= 0.3 is 5.97 Å². The van der Waals surface area contributed by atoms with Crippen LogP contribution in [0.1, 0.15) is 6.42 Å². The summed E-state index contributed by atoms with van der Waals surface area (Å²) in [5.41, 5.74) is -1.67. The summed E-state index contributed by atoms with van der Waals surface area (Å²) in [6, 6.07) is 1.69. The molecule has 0 saturated carbocycles. The largest absolute Gasteiger partial charge is 0.481 e. The van der Waals surface area contributed by atoms with Crippen molar-refractivity contribution in [1.82, 2.24) is 0 Å². The Balaban J connectivity index is 2.84. The van der Waals surface area contributed by atoms with Gasteiger partial charge in [-0.25, -0.2) is 0 Å². The van der Waals surface area contributed by atoms with Gasteiger partial charge in [-0.2, -0.15) is 5.26 Å². The van der Waals surface area contributed by atoms with Crippen LogP contribution in [0.5, 0.6) is 0 Å². The van der Waals surface area contributed by atoms with E-state index in [0.717, 1.165) is 0 Å². The van der Waals surface area contributed by atoms with Crippen LogP contribution in [0.3, 0.4) is 0 Å². The lowest BCUT2D eigenvalue weighted by atomic mass is 9.83. The van der Waals surface area contributed by atoms with E-state index in [4.69, 9.17) is 10.4 Å². The minimum absolute atomic E-state index is 0.245. The molecule has 68 valence electrons. The first-order chi connectivity index (χ1) is 6.08. The van der Waals surface area contributed by atoms with Crippen LogP contribution in [0.25, 0.3) is 0 Å². The molecule has 0 spiro atoms. The van der Waals surface area contributed by atoms with E-state index >= 15 is 0 Å². The molecule has 0 heterocycles. The fourth-order valence-electron chi connectivity index (χ4n) is 1.20. The minimum Gasteiger partial charge on any atom is -0.481 e. The predicted octanol–water partition coefficient (Wildman–Crippen LogP) is 0.458. The molecule has 2 atom stereocenters. The molecule has 0 fully saturated rings. The van der Waals surface area contributed by atoms with Gasteiger partial charge in [0.25, 0.3) is 0 Å². The number of aliphatic carboxylic acids is 1. The van der Waals surface area contributed by atoms with Crippen molar-refractivity contribution in [3.8, 4) is 6.07 Å². The lowest BCUT2D eigenvalue weighted by Gasteiger charge is -2.25. The highest BCUT2D eigenvalue weighted by molar-refractivity contribution is 5.68. The summed E-state index contributed by atoms with van der Waals surface area (Å²) < 4.78 is 0. The van der Waals surface area contributed by atoms with Crippen molar-refractivity contribution < 1.29 is 15.0 Å². The van der Waals surface area contributed by atoms with Gasteiger partial charge < -0.3 is 10.2 Å². The lowest BCUT2D eigenvalue weighted by Crippen LogP contribution is -2.35. The monoisotopic (exact) mass is 179 g/mol. The Morgan fingerprint density at radius 3 is 2.85 bits per heavy atom. The molecule has 0 bridgehead atoms. The second kappa shape index (κ2) is 3.42. The Hall–Kier alpha value is -1.60. The maximum atomic E-state index is 10.4. The van der Waals surface area contributed by atoms with Gasteiger partial charge in [-0.1, -0.05) is 18.2 Å². The normalized spacial score (nSPS) is 31.2. The number of aliphatic hydroxyl groups is 1. The molecule has 1 rings (SSSR count). The Morgan fingerprint density at radius 1 is 1.62 bits per heavy atom. The first-order valence-electron chi connectivity index (χ1n) is 3.80. The maximum Gasteiger partial charge on any atom is 0.304 e. The highest BCUT2D eigenvalue weighted by atomic mass is 16.4. The van der Waals surface area contributed by atoms with Crippen molar-refractivity contribution in [2.45, 2.75) is 12.0 Å². The van der Waals surface area contributed by atoms with E-state index in [2.05, 4.69) is 0 Å². The van der Waals surface area contributed by atoms with Crippen LogP contribution >= 0.6 is 0 Å². The van der Waals surface area contributed by atoms with Gasteiger partial charge in [-0.05, 0) is 6.08 Å². The average molecular weight is 179 g/mol. The van der Waals surface area contributed by atoms with Gasteiger partial charge in [0.05, 0.1) is 6.42 Å². The average Bonchev–Trinajstić information content (AvgIpc) is 2.09. The van der Waals surface area contributed by atoms with Gasteiger partial charge in [0, 0.05) is 5.92 Å². The van der Waals surface area contributed by atoms with Crippen molar-refractivity contribution in [3.63, 3.8) is 0 Å². The quantitative estimate of drug-likeness (QED) is 0.603. The topological polar surface area (TPSA) is 81.3 Å². The zero-order valence-corrected chi connectivity index (χ0v) is 6.84. The highest BCUT2D eigenvalue weighted by Gasteiger charge is 2.35. The maximum absolute atomic E-state index is 10.4. The van der Waals surface area contributed by atoms with Crippen LogP contribution in [0.2, 0.25) is 0 Å². The number of allylic oxidation sites excluding steroid dienone is 2. The summed E-state index contributed by atoms with van der Waals surface area (Å²) in [6.07, 6.45) is 5.74. The molecule has 0 aromatic heterocycles. The van der Waals surface area contributed by atoms with Crippen molar-refractivity contribution in [2.24, 2.45) is 5.92 Å². The number of hydrogen-bond donors (Lipinski definition) is 2. The van der Waals surface area contributed by atoms with Crippen molar-refractivity contribution in [2.75, 3.05) is 0 Å². The van der Waals surface area contributed by atoms with E-state index in [1.54, 1.807) is 12.1 Å². The summed E-state index contributed by atoms with van der Waals surface area (Å²) in [5, 5.41) is 26.8. The lowest BCUT2D eigenvalue weighted by molar-refractivity contribution is -0.138. The zero-order chi connectivity index (χ0) is 9.90. The summed E-state index contributed by atoms with van der Waals surface area (Å²) in [7, 11) is 0. The third-order valence-corrected chi connectivity index (χ3v) is 1.94. The van der Waals surface area contributed by atoms with Crippen LogP contribution in [0, 0.1) is 17.2 Å². The molecule has 13 heavy (non-hydrogen) atoms. The van der Waals surface area contributed by atoms with Gasteiger partial charge in [-0.15, -0.1) is 0 Å². The van der Waals surface area contributed by atoms with E-state index in [0.29, 0.717) is 0 Å². The molecular weight excluding hydrogens is 170 g/mol. The van der Waals surface area contributed by atoms with Crippen LogP contribution in [-0.2, 0) is 4.79 Å². The van der Waals surface area contributed by atoms with Gasteiger partial charge in [0.2, 0.25) is 0 Å². The molecule has 1 aliphatic carbocycles. The molecular formula is C9H9NO3. The smallest absolute Gasteiger partial charge is 0.304 e. The third kappa shape index (κ3) is 1.95. The van der Waals surface area contributed by atoms with Crippen molar-refractivity contribution in [3.05, 3.63) is 24.3 Å². The molecule has 4 nitrogen and oxygen atoms in total. The summed E-state index contributed by atoms with van der Waals surface area (Å²) in [4.78, 5) is 10.4. The van der Waals surface area contributed by atoms with E-state index in [9.17, 15) is 9.90 Å². The second-order valence-corrected chi connectivity index (χ2v) is 2.89. The molecule has 2 N–H and O–H groups in total. The fourth-order valence-corrected chi connectivity index (χ4v) is 1.20. The highest BCUT2D eigenvalue weighted by Crippen LogP contribution is 2.26. The van der Waals surface area contributed by atoms with Crippen LogP contribution in [-0.4, -0.2) is 21.8 Å². The van der Waals surface area contributed by atoms with E-state index in [1.807, 2.05) is 0 Å². The second-order valence-electron chi connectivity index (χ2n) is 2.89. The van der Waals surface area contributed by atoms with E-state index < -0.39 is 17.5 Å². The number of rotatable bonds is 2. The van der Waals surface area contributed by atoms with E-state index in [-0.39, 0.29) is 6.42 Å². The Labute approximate surface area is 75.4 Å². The number of carbonyl (C=O) groups is 1.